The fourth-order valence-electron chi connectivity index (χ4n) is 2.69. The number of hydrogen-bond acceptors (Lipinski definition) is 5. The van der Waals surface area contributed by atoms with Crippen LogP contribution < -0.4 is 5.32 Å². The first-order chi connectivity index (χ1) is 11.7. The molecule has 1 unspecified atom stereocenters. The highest BCUT2D eigenvalue weighted by molar-refractivity contribution is 6.01. The predicted molar refractivity (Wildman–Crippen MR) is 92.4 cm³/mol. The third-order valence-corrected chi connectivity index (χ3v) is 3.77. The van der Waals surface area contributed by atoms with Crippen LogP contribution in [0.3, 0.4) is 0 Å². The molecule has 0 saturated carbocycles. The number of nitrogens with zero attached hydrogens (tertiary/aromatic N) is 1. The van der Waals surface area contributed by atoms with Crippen LogP contribution in [0.5, 0.6) is 0 Å². The van der Waals surface area contributed by atoms with Crippen LogP contribution >= 0.6 is 0 Å². The average molecular weight is 348 g/mol. The first-order valence-corrected chi connectivity index (χ1v) is 8.21. The number of benzene rings is 1. The second-order valence-corrected chi connectivity index (χ2v) is 6.85. The van der Waals surface area contributed by atoms with E-state index in [2.05, 4.69) is 5.32 Å². The van der Waals surface area contributed by atoms with Gasteiger partial charge in [-0.05, 0) is 45.7 Å². The van der Waals surface area contributed by atoms with Crippen molar-refractivity contribution >= 4 is 23.7 Å². The minimum atomic E-state index is -0.621. The van der Waals surface area contributed by atoms with Gasteiger partial charge in [0.1, 0.15) is 11.6 Å². The molecule has 1 atom stereocenters. The smallest absolute Gasteiger partial charge is 0.339 e. The molecule has 0 spiro atoms. The maximum Gasteiger partial charge on any atom is 0.339 e. The van der Waals surface area contributed by atoms with Crippen molar-refractivity contribution in [3.63, 3.8) is 0 Å². The van der Waals surface area contributed by atoms with Crippen LogP contribution in [0.4, 0.5) is 10.5 Å². The fraction of sp³-hybridized carbons (Fsp3) is 0.500. The molecule has 1 fully saturated rings. The van der Waals surface area contributed by atoms with E-state index in [-0.39, 0.29) is 5.56 Å². The summed E-state index contributed by atoms with van der Waals surface area (Å²) in [6.07, 6.45) is 1.27. The van der Waals surface area contributed by atoms with Gasteiger partial charge >= 0.3 is 18.0 Å². The molecule has 1 aromatic carbocycles. The average Bonchev–Trinajstić information content (AvgIpc) is 3.03. The van der Waals surface area contributed by atoms with Gasteiger partial charge in [0.2, 0.25) is 0 Å². The van der Waals surface area contributed by atoms with Crippen molar-refractivity contribution in [2.75, 3.05) is 19.0 Å². The number of urea groups is 1. The summed E-state index contributed by atoms with van der Waals surface area (Å²) in [4.78, 5) is 38.2. The Morgan fingerprint density at radius 2 is 1.88 bits per heavy atom. The number of anilines is 1. The van der Waals surface area contributed by atoms with Crippen molar-refractivity contribution in [2.24, 2.45) is 0 Å². The van der Waals surface area contributed by atoms with Gasteiger partial charge in [-0.2, -0.15) is 0 Å². The van der Waals surface area contributed by atoms with E-state index >= 15 is 0 Å². The fourth-order valence-corrected chi connectivity index (χ4v) is 2.69. The number of esters is 2. The number of carbonyl (C=O) groups is 3. The summed E-state index contributed by atoms with van der Waals surface area (Å²) in [6.45, 7) is 5.82. The van der Waals surface area contributed by atoms with Crippen molar-refractivity contribution in [1.29, 1.82) is 0 Å². The third kappa shape index (κ3) is 4.71. The molecule has 1 aromatic rings. The topological polar surface area (TPSA) is 84.9 Å². The molecular formula is C18H24N2O5. The van der Waals surface area contributed by atoms with Crippen LogP contribution in [0.1, 0.15) is 44.0 Å². The van der Waals surface area contributed by atoms with Gasteiger partial charge in [0, 0.05) is 6.54 Å². The zero-order chi connectivity index (χ0) is 18.6. The van der Waals surface area contributed by atoms with Gasteiger partial charge in [-0.1, -0.05) is 12.1 Å². The second kappa shape index (κ2) is 7.55. The number of para-hydroxylation sites is 1. The van der Waals surface area contributed by atoms with E-state index < -0.39 is 29.6 Å². The van der Waals surface area contributed by atoms with E-state index in [1.165, 1.54) is 12.0 Å². The summed E-state index contributed by atoms with van der Waals surface area (Å²) in [6, 6.07) is 5.51. The van der Waals surface area contributed by atoms with Crippen LogP contribution in [0, 0.1) is 0 Å². The van der Waals surface area contributed by atoms with Gasteiger partial charge in [-0.15, -0.1) is 0 Å². The largest absolute Gasteiger partial charge is 0.465 e. The molecule has 0 radical (unpaired) electrons. The minimum Gasteiger partial charge on any atom is -0.465 e. The van der Waals surface area contributed by atoms with Gasteiger partial charge in [-0.25, -0.2) is 14.4 Å². The molecule has 2 amide bonds. The van der Waals surface area contributed by atoms with Crippen LogP contribution in [0.15, 0.2) is 24.3 Å². The highest BCUT2D eigenvalue weighted by atomic mass is 16.6. The first-order valence-electron chi connectivity index (χ1n) is 8.21. The molecule has 1 heterocycles. The van der Waals surface area contributed by atoms with Gasteiger partial charge in [0.05, 0.1) is 18.4 Å². The van der Waals surface area contributed by atoms with E-state index in [0.717, 1.165) is 6.42 Å². The van der Waals surface area contributed by atoms with Crippen molar-refractivity contribution in [2.45, 2.75) is 45.3 Å². The van der Waals surface area contributed by atoms with E-state index in [0.29, 0.717) is 18.7 Å². The molecule has 1 aliphatic rings. The van der Waals surface area contributed by atoms with E-state index in [1.807, 2.05) is 0 Å². The Morgan fingerprint density at radius 3 is 2.52 bits per heavy atom. The minimum absolute atomic E-state index is 0.256. The molecule has 1 aliphatic heterocycles. The van der Waals surface area contributed by atoms with Crippen LogP contribution in [0.2, 0.25) is 0 Å². The lowest BCUT2D eigenvalue weighted by Crippen LogP contribution is -2.45. The SMILES string of the molecule is COC(=O)c1ccccc1NC(=O)N1CCCC1C(=O)OC(C)(C)C. The quantitative estimate of drug-likeness (QED) is 0.849. The van der Waals surface area contributed by atoms with Crippen molar-refractivity contribution in [3.05, 3.63) is 29.8 Å². The molecule has 1 saturated heterocycles. The van der Waals surface area contributed by atoms with Crippen LogP contribution in [0.25, 0.3) is 0 Å². The van der Waals surface area contributed by atoms with Crippen molar-refractivity contribution < 1.29 is 23.9 Å². The standard InChI is InChI=1S/C18H24N2O5/c1-18(2,3)25-16(22)14-10-7-11-20(14)17(23)19-13-9-6-5-8-12(13)15(21)24-4/h5-6,8-9,14H,7,10-11H2,1-4H3,(H,19,23). The zero-order valence-corrected chi connectivity index (χ0v) is 15.0. The Morgan fingerprint density at radius 1 is 1.20 bits per heavy atom. The van der Waals surface area contributed by atoms with Crippen LogP contribution in [-0.2, 0) is 14.3 Å². The van der Waals surface area contributed by atoms with E-state index in [9.17, 15) is 14.4 Å². The van der Waals surface area contributed by atoms with Crippen molar-refractivity contribution in [3.8, 4) is 0 Å². The number of carbonyl (C=O) groups excluding carboxylic acids is 3. The van der Waals surface area contributed by atoms with Gasteiger partial charge < -0.3 is 19.7 Å². The Labute approximate surface area is 147 Å². The highest BCUT2D eigenvalue weighted by Crippen LogP contribution is 2.23. The number of nitrogens with one attached hydrogen (secondary N) is 1. The number of rotatable bonds is 3. The molecule has 136 valence electrons. The lowest BCUT2D eigenvalue weighted by atomic mass is 10.1. The molecule has 0 aromatic heterocycles. The normalized spacial score (nSPS) is 17.1. The van der Waals surface area contributed by atoms with Crippen molar-refractivity contribution in [1.82, 2.24) is 4.90 Å². The maximum atomic E-state index is 12.6. The molecule has 0 bridgehead atoms. The van der Waals surface area contributed by atoms with E-state index in [1.54, 1.807) is 45.0 Å². The lowest BCUT2D eigenvalue weighted by molar-refractivity contribution is -0.159. The Balaban J connectivity index is 2.13. The Kier molecular flexibility index (Phi) is 5.66. The molecule has 7 nitrogen and oxygen atoms in total. The zero-order valence-electron chi connectivity index (χ0n) is 15.0. The highest BCUT2D eigenvalue weighted by Gasteiger charge is 2.37. The molecule has 7 heteroatoms. The number of ether oxygens (including phenoxy) is 2. The Hall–Kier alpha value is -2.57. The van der Waals surface area contributed by atoms with E-state index in [4.69, 9.17) is 9.47 Å². The summed E-state index contributed by atoms with van der Waals surface area (Å²) in [7, 11) is 1.28. The molecular weight excluding hydrogens is 324 g/mol. The number of hydrogen-bond donors (Lipinski definition) is 1. The van der Waals surface area contributed by atoms with Gasteiger partial charge in [0.25, 0.3) is 0 Å². The first kappa shape index (κ1) is 18.8. The summed E-state index contributed by atoms with van der Waals surface area (Å²) in [5, 5.41) is 2.69. The molecule has 0 aliphatic carbocycles. The summed E-state index contributed by atoms with van der Waals surface area (Å²) in [5.74, 6) is -0.956. The Bertz CT molecular complexity index is 666. The monoisotopic (exact) mass is 348 g/mol. The number of likely N-dealkylation sites (tertiary alicyclic amines) is 1. The van der Waals surface area contributed by atoms with Gasteiger partial charge in [0.15, 0.2) is 0 Å². The second-order valence-electron chi connectivity index (χ2n) is 6.85. The van der Waals surface area contributed by atoms with Crippen LogP contribution in [-0.4, -0.2) is 48.2 Å². The third-order valence-electron chi connectivity index (χ3n) is 3.77. The lowest BCUT2D eigenvalue weighted by Gasteiger charge is -2.27. The number of amides is 2. The van der Waals surface area contributed by atoms with Gasteiger partial charge in [-0.3, -0.25) is 0 Å². The summed E-state index contributed by atoms with van der Waals surface area (Å²) in [5.41, 5.74) is -0.0141. The predicted octanol–water partition coefficient (Wildman–Crippen LogP) is 2.81. The number of methoxy groups -OCH3 is 1. The molecule has 25 heavy (non-hydrogen) atoms. The summed E-state index contributed by atoms with van der Waals surface area (Å²) < 4.78 is 10.1. The summed E-state index contributed by atoms with van der Waals surface area (Å²) >= 11 is 0. The molecule has 1 N–H and O–H groups in total. The molecule has 2 rings (SSSR count). The maximum absolute atomic E-state index is 12.6.